The average Bonchev–Trinajstić information content (AvgIpc) is 3.23. The van der Waals surface area contributed by atoms with E-state index in [0.29, 0.717) is 51.4 Å². The molecule has 2 atom stereocenters. The maximum absolute atomic E-state index is 13.2. The summed E-state index contributed by atoms with van der Waals surface area (Å²) in [5.41, 5.74) is 0.0547. The lowest BCUT2D eigenvalue weighted by atomic mass is 9.75. The third kappa shape index (κ3) is 5.54. The molecule has 2 aromatic rings. The molecule has 0 radical (unpaired) electrons. The molecule has 3 rings (SSSR count). The predicted molar refractivity (Wildman–Crippen MR) is 135 cm³/mol. The van der Waals surface area contributed by atoms with Gasteiger partial charge in [-0.1, -0.05) is 36.2 Å². The molecule has 1 N–H and O–H groups in total. The zero-order valence-electron chi connectivity index (χ0n) is 20.0. The van der Waals surface area contributed by atoms with Crippen LogP contribution in [0.25, 0.3) is 0 Å². The van der Waals surface area contributed by atoms with Gasteiger partial charge < -0.3 is 14.2 Å². The van der Waals surface area contributed by atoms with Gasteiger partial charge in [-0.25, -0.2) is 0 Å². The van der Waals surface area contributed by atoms with Crippen LogP contribution in [0.15, 0.2) is 30.3 Å². The monoisotopic (exact) mass is 545 g/mol. The van der Waals surface area contributed by atoms with Crippen LogP contribution in [0.2, 0.25) is 10.0 Å². The fourth-order valence-corrected chi connectivity index (χ4v) is 6.58. The van der Waals surface area contributed by atoms with E-state index in [1.165, 1.54) is 21.3 Å². The molecule has 0 saturated carbocycles. The van der Waals surface area contributed by atoms with E-state index in [-0.39, 0.29) is 25.3 Å². The third-order valence-corrected chi connectivity index (χ3v) is 8.82. The number of hydrogen-bond acceptors (Lipinski definition) is 7. The second kappa shape index (κ2) is 10.9. The Morgan fingerprint density at radius 3 is 2.20 bits per heavy atom. The van der Waals surface area contributed by atoms with Gasteiger partial charge in [0.05, 0.1) is 43.2 Å². The fourth-order valence-electron chi connectivity index (χ4n) is 4.96. The Hall–Kier alpha value is -2.04. The van der Waals surface area contributed by atoms with Crippen molar-refractivity contribution in [3.05, 3.63) is 51.5 Å². The lowest BCUT2D eigenvalue weighted by Crippen LogP contribution is -2.46. The van der Waals surface area contributed by atoms with Gasteiger partial charge in [0.2, 0.25) is 5.75 Å². The summed E-state index contributed by atoms with van der Waals surface area (Å²) in [4.78, 5) is 15.1. The number of hydrogen-bond donors (Lipinski definition) is 1. The van der Waals surface area contributed by atoms with Gasteiger partial charge in [0, 0.05) is 17.5 Å². The molecule has 11 heteroatoms. The number of likely N-dealkylation sites (tertiary alicyclic amines) is 1. The number of ether oxygens (including phenoxy) is 3. The molecule has 1 heterocycles. The average molecular weight is 546 g/mol. The van der Waals surface area contributed by atoms with Gasteiger partial charge in [-0.3, -0.25) is 14.2 Å². The first-order valence-corrected chi connectivity index (χ1v) is 13.2. The molecule has 0 spiro atoms. The highest BCUT2D eigenvalue weighted by Gasteiger charge is 2.50. The van der Waals surface area contributed by atoms with Crippen molar-refractivity contribution in [1.29, 1.82) is 0 Å². The highest BCUT2D eigenvalue weighted by Crippen LogP contribution is 2.44. The van der Waals surface area contributed by atoms with Crippen molar-refractivity contribution in [2.75, 3.05) is 41.0 Å². The first kappa shape index (κ1) is 27.5. The zero-order valence-corrected chi connectivity index (χ0v) is 22.3. The van der Waals surface area contributed by atoms with Crippen LogP contribution < -0.4 is 14.2 Å². The summed E-state index contributed by atoms with van der Waals surface area (Å²) in [7, 11) is 0.0280. The molecule has 0 bridgehead atoms. The van der Waals surface area contributed by atoms with Gasteiger partial charge in [-0.15, -0.1) is 0 Å². The normalized spacial score (nSPS) is 19.4. The Labute approximate surface area is 215 Å². The quantitative estimate of drug-likeness (QED) is 0.343. The highest BCUT2D eigenvalue weighted by atomic mass is 35.5. The minimum Gasteiger partial charge on any atom is -0.493 e. The van der Waals surface area contributed by atoms with Gasteiger partial charge in [0.1, 0.15) is 0 Å². The predicted octanol–water partition coefficient (Wildman–Crippen LogP) is 4.51. The van der Waals surface area contributed by atoms with Crippen LogP contribution >= 0.6 is 23.2 Å². The maximum Gasteiger partial charge on any atom is 0.268 e. The Kier molecular flexibility index (Phi) is 8.60. The zero-order chi connectivity index (χ0) is 26.0. The van der Waals surface area contributed by atoms with E-state index in [2.05, 4.69) is 0 Å². The minimum atomic E-state index is -4.39. The summed E-state index contributed by atoms with van der Waals surface area (Å²) in [5, 5.41) is -0.438. The molecule has 0 aliphatic carbocycles. The number of ketones is 1. The Balaban J connectivity index is 1.95. The van der Waals surface area contributed by atoms with E-state index >= 15 is 0 Å². The van der Waals surface area contributed by atoms with Crippen molar-refractivity contribution in [2.45, 2.75) is 30.4 Å². The second-order valence-electron chi connectivity index (χ2n) is 8.49. The second-order valence-corrected chi connectivity index (χ2v) is 10.9. The Morgan fingerprint density at radius 2 is 1.71 bits per heavy atom. The fraction of sp³-hybridized carbons (Fsp3) is 0.458. The smallest absolute Gasteiger partial charge is 0.268 e. The van der Waals surface area contributed by atoms with Gasteiger partial charge in [-0.05, 0) is 49.2 Å². The number of rotatable bonds is 10. The van der Waals surface area contributed by atoms with Crippen molar-refractivity contribution in [3.63, 3.8) is 0 Å². The summed E-state index contributed by atoms with van der Waals surface area (Å²) in [5.74, 6) is 0.901. The van der Waals surface area contributed by atoms with E-state index in [9.17, 15) is 17.8 Å². The first-order chi connectivity index (χ1) is 16.5. The molecular weight excluding hydrogens is 517 g/mol. The van der Waals surface area contributed by atoms with Crippen LogP contribution in [0, 0.1) is 0 Å². The molecule has 2 aromatic carbocycles. The number of methoxy groups -OCH3 is 3. The number of Topliss-reactive ketones (excluding diaryl/α,β-unsaturated/α-hetero) is 1. The van der Waals surface area contributed by atoms with E-state index in [1.54, 1.807) is 37.3 Å². The summed E-state index contributed by atoms with van der Waals surface area (Å²) in [6.07, 6.45) is 0.597. The lowest BCUT2D eigenvalue weighted by molar-refractivity contribution is 0.0941. The van der Waals surface area contributed by atoms with Gasteiger partial charge >= 0.3 is 0 Å². The number of halogens is 2. The first-order valence-electron chi connectivity index (χ1n) is 11.0. The minimum absolute atomic E-state index is 0.0314. The van der Waals surface area contributed by atoms with Gasteiger partial charge in [0.15, 0.2) is 17.3 Å². The van der Waals surface area contributed by atoms with Crippen LogP contribution in [-0.4, -0.2) is 69.9 Å². The number of benzene rings is 2. The van der Waals surface area contributed by atoms with Crippen LogP contribution in [-0.2, 0) is 15.5 Å². The van der Waals surface area contributed by atoms with Crippen molar-refractivity contribution in [1.82, 2.24) is 4.90 Å². The molecule has 35 heavy (non-hydrogen) atoms. The van der Waals surface area contributed by atoms with E-state index in [4.69, 9.17) is 37.4 Å². The van der Waals surface area contributed by atoms with Crippen molar-refractivity contribution >= 4 is 39.1 Å². The molecule has 192 valence electrons. The van der Waals surface area contributed by atoms with Crippen LogP contribution in [0.5, 0.6) is 17.2 Å². The van der Waals surface area contributed by atoms with Crippen LogP contribution in [0.1, 0.15) is 35.7 Å². The van der Waals surface area contributed by atoms with Crippen LogP contribution in [0.3, 0.4) is 0 Å². The molecule has 1 saturated heterocycles. The summed E-state index contributed by atoms with van der Waals surface area (Å²) >= 11 is 12.3. The molecule has 1 fully saturated rings. The summed E-state index contributed by atoms with van der Waals surface area (Å²) < 4.78 is 50.9. The molecule has 1 aliphatic heterocycles. The SMILES string of the molecule is CCC(C1(c2ccc(Cl)c(Cl)c2)CCN(CC(=O)c2cc(OC)c(OC)c(OC)c2)C1)S(=O)(=O)O. The lowest BCUT2D eigenvalue weighted by Gasteiger charge is -2.36. The van der Waals surface area contributed by atoms with Crippen molar-refractivity contribution in [3.8, 4) is 17.2 Å². The van der Waals surface area contributed by atoms with Gasteiger partial charge in [0.25, 0.3) is 10.1 Å². The Bertz CT molecular complexity index is 1180. The number of carbonyl (C=O) groups excluding carboxylic acids is 1. The largest absolute Gasteiger partial charge is 0.493 e. The summed E-state index contributed by atoms with van der Waals surface area (Å²) in [6.45, 7) is 2.42. The van der Waals surface area contributed by atoms with E-state index < -0.39 is 20.8 Å². The maximum atomic E-state index is 13.2. The molecular formula is C24H29Cl2NO7S. The van der Waals surface area contributed by atoms with Crippen molar-refractivity contribution in [2.24, 2.45) is 0 Å². The van der Waals surface area contributed by atoms with E-state index in [0.717, 1.165) is 0 Å². The Morgan fingerprint density at radius 1 is 1.09 bits per heavy atom. The standard InChI is InChI=1S/C24H29Cl2NO7S/c1-5-22(35(29,30)31)24(16-6-7-17(25)18(26)12-16)8-9-27(14-24)13-19(28)15-10-20(32-2)23(34-4)21(11-15)33-3/h6-7,10-12,22H,5,8-9,13-14H2,1-4H3,(H,29,30,31). The topological polar surface area (TPSA) is 102 Å². The van der Waals surface area contributed by atoms with Crippen LogP contribution in [0.4, 0.5) is 0 Å². The van der Waals surface area contributed by atoms with E-state index in [1.807, 2.05) is 4.90 Å². The van der Waals surface area contributed by atoms with Crippen molar-refractivity contribution < 1.29 is 32.0 Å². The molecule has 1 aliphatic rings. The molecule has 2 unspecified atom stereocenters. The molecule has 8 nitrogen and oxygen atoms in total. The number of carbonyl (C=O) groups is 1. The molecule has 0 amide bonds. The highest BCUT2D eigenvalue weighted by molar-refractivity contribution is 7.86. The summed E-state index contributed by atoms with van der Waals surface area (Å²) in [6, 6.07) is 8.15. The number of nitrogens with zero attached hydrogens (tertiary/aromatic N) is 1. The van der Waals surface area contributed by atoms with Gasteiger partial charge in [-0.2, -0.15) is 8.42 Å². The molecule has 0 aromatic heterocycles. The third-order valence-electron chi connectivity index (χ3n) is 6.58.